The van der Waals surface area contributed by atoms with Crippen LogP contribution in [0.25, 0.3) is 0 Å². The van der Waals surface area contributed by atoms with Crippen LogP contribution in [-0.2, 0) is 9.47 Å². The Morgan fingerprint density at radius 1 is 1.75 bits per heavy atom. The molecule has 0 unspecified atom stereocenters. The van der Waals surface area contributed by atoms with E-state index in [-0.39, 0.29) is 6.79 Å². The Kier molecular flexibility index (Phi) is 3.97. The third kappa shape index (κ3) is 5.23. The molecule has 4 nitrogen and oxygen atoms in total. The number of carbonyl (C=O) groups excluding carboxylic acids is 1. The topological polar surface area (TPSA) is 61.6 Å². The van der Waals surface area contributed by atoms with Crippen molar-refractivity contribution in [1.82, 2.24) is 0 Å². The predicted octanol–water partition coefficient (Wildman–Crippen LogP) is 0.0757. The zero-order valence-corrected chi connectivity index (χ0v) is 4.72. The van der Waals surface area contributed by atoms with Crippen molar-refractivity contribution in [3.8, 4) is 0 Å². The van der Waals surface area contributed by atoms with Crippen molar-refractivity contribution < 1.29 is 14.3 Å². The third-order valence-electron chi connectivity index (χ3n) is 0.489. The molecule has 0 bridgehead atoms. The SMILES string of the molecule is CCOCOC(N)=O. The van der Waals surface area contributed by atoms with Crippen LogP contribution in [0.2, 0.25) is 0 Å². The van der Waals surface area contributed by atoms with E-state index in [2.05, 4.69) is 15.2 Å². The van der Waals surface area contributed by atoms with E-state index in [1.54, 1.807) is 6.92 Å². The van der Waals surface area contributed by atoms with Gasteiger partial charge in [-0.15, -0.1) is 0 Å². The smallest absolute Gasteiger partial charge is 0.406 e. The summed E-state index contributed by atoms with van der Waals surface area (Å²) < 4.78 is 8.82. The molecule has 0 aliphatic rings. The normalized spacial score (nSPS) is 8.62. The van der Waals surface area contributed by atoms with E-state index >= 15 is 0 Å². The van der Waals surface area contributed by atoms with Crippen LogP contribution >= 0.6 is 0 Å². The number of amides is 1. The van der Waals surface area contributed by atoms with Crippen LogP contribution in [0.15, 0.2) is 0 Å². The maximum absolute atomic E-state index is 9.79. The number of hydrogen-bond donors (Lipinski definition) is 1. The molecule has 48 valence electrons. The highest BCUT2D eigenvalue weighted by Crippen LogP contribution is 1.74. The first-order chi connectivity index (χ1) is 3.77. The van der Waals surface area contributed by atoms with Crippen LogP contribution < -0.4 is 5.73 Å². The second-order valence-electron chi connectivity index (χ2n) is 1.07. The van der Waals surface area contributed by atoms with E-state index in [1.807, 2.05) is 0 Å². The molecule has 8 heavy (non-hydrogen) atoms. The zero-order chi connectivity index (χ0) is 6.41. The van der Waals surface area contributed by atoms with E-state index in [4.69, 9.17) is 0 Å². The van der Waals surface area contributed by atoms with Crippen LogP contribution in [0.4, 0.5) is 4.79 Å². The van der Waals surface area contributed by atoms with E-state index in [9.17, 15) is 4.79 Å². The monoisotopic (exact) mass is 119 g/mol. The van der Waals surface area contributed by atoms with Gasteiger partial charge in [0, 0.05) is 6.61 Å². The lowest BCUT2D eigenvalue weighted by atomic mass is 10.9. The van der Waals surface area contributed by atoms with Crippen molar-refractivity contribution in [3.05, 3.63) is 0 Å². The highest BCUT2D eigenvalue weighted by molar-refractivity contribution is 5.64. The van der Waals surface area contributed by atoms with Gasteiger partial charge in [0.2, 0.25) is 0 Å². The maximum Gasteiger partial charge on any atom is 0.406 e. The number of nitrogens with two attached hydrogens (primary N) is 1. The molecule has 0 heterocycles. The number of primary amides is 1. The molecular weight excluding hydrogens is 110 g/mol. The van der Waals surface area contributed by atoms with Gasteiger partial charge in [-0.2, -0.15) is 0 Å². The first-order valence-corrected chi connectivity index (χ1v) is 2.27. The summed E-state index contributed by atoms with van der Waals surface area (Å²) in [6, 6.07) is 0. The molecule has 0 aliphatic heterocycles. The van der Waals surface area contributed by atoms with Gasteiger partial charge in [0.1, 0.15) is 0 Å². The first-order valence-electron chi connectivity index (χ1n) is 2.27. The lowest BCUT2D eigenvalue weighted by Crippen LogP contribution is -2.14. The largest absolute Gasteiger partial charge is 0.422 e. The minimum absolute atomic E-state index is 0.0498. The van der Waals surface area contributed by atoms with Crippen molar-refractivity contribution in [2.24, 2.45) is 5.73 Å². The van der Waals surface area contributed by atoms with Gasteiger partial charge in [-0.05, 0) is 6.92 Å². The molecule has 0 spiro atoms. The Hall–Kier alpha value is -0.770. The molecule has 0 aromatic heterocycles. The molecule has 0 atom stereocenters. The highest BCUT2D eigenvalue weighted by atomic mass is 16.7. The van der Waals surface area contributed by atoms with Gasteiger partial charge < -0.3 is 15.2 Å². The van der Waals surface area contributed by atoms with Gasteiger partial charge >= 0.3 is 6.09 Å². The fraction of sp³-hybridized carbons (Fsp3) is 0.750. The third-order valence-corrected chi connectivity index (χ3v) is 0.489. The summed E-state index contributed by atoms with van der Waals surface area (Å²) >= 11 is 0. The lowest BCUT2D eigenvalue weighted by Gasteiger charge is -1.97. The Balaban J connectivity index is 2.82. The van der Waals surface area contributed by atoms with Gasteiger partial charge in [0.25, 0.3) is 0 Å². The van der Waals surface area contributed by atoms with Gasteiger partial charge in [-0.1, -0.05) is 0 Å². The fourth-order valence-corrected chi connectivity index (χ4v) is 0.183. The average molecular weight is 119 g/mol. The van der Waals surface area contributed by atoms with Crippen LogP contribution in [-0.4, -0.2) is 19.5 Å². The second-order valence-corrected chi connectivity index (χ2v) is 1.07. The van der Waals surface area contributed by atoms with E-state index in [0.29, 0.717) is 6.61 Å². The van der Waals surface area contributed by atoms with Gasteiger partial charge in [-0.3, -0.25) is 0 Å². The molecule has 0 saturated heterocycles. The standard InChI is InChI=1S/C4H9NO3/c1-2-7-3-8-4(5)6/h2-3H2,1H3,(H2,5,6). The number of rotatable bonds is 3. The summed E-state index contributed by atoms with van der Waals surface area (Å²) in [5.41, 5.74) is 4.59. The summed E-state index contributed by atoms with van der Waals surface area (Å²) in [5, 5.41) is 0. The molecule has 0 fully saturated rings. The van der Waals surface area contributed by atoms with Crippen LogP contribution in [0.5, 0.6) is 0 Å². The average Bonchev–Trinajstić information content (AvgIpc) is 1.66. The molecule has 0 radical (unpaired) electrons. The molecule has 0 aromatic carbocycles. The molecule has 4 heteroatoms. The molecule has 0 aliphatic carbocycles. The Bertz CT molecular complexity index is 73.7. The van der Waals surface area contributed by atoms with Crippen molar-refractivity contribution in [2.75, 3.05) is 13.4 Å². The molecule has 0 saturated carbocycles. The first kappa shape index (κ1) is 7.23. The van der Waals surface area contributed by atoms with Crippen molar-refractivity contribution in [3.63, 3.8) is 0 Å². The molecule has 2 N–H and O–H groups in total. The second kappa shape index (κ2) is 4.39. The van der Waals surface area contributed by atoms with Gasteiger partial charge in [-0.25, -0.2) is 4.79 Å². The predicted molar refractivity (Wildman–Crippen MR) is 27.2 cm³/mol. The Labute approximate surface area is 47.6 Å². The summed E-state index contributed by atoms with van der Waals surface area (Å²) in [4.78, 5) is 9.79. The lowest BCUT2D eigenvalue weighted by molar-refractivity contribution is -0.00613. The fourth-order valence-electron chi connectivity index (χ4n) is 0.183. The highest BCUT2D eigenvalue weighted by Gasteiger charge is 1.88. The zero-order valence-electron chi connectivity index (χ0n) is 4.72. The molecule has 0 aromatic rings. The molecular formula is C4H9NO3. The number of ether oxygens (including phenoxy) is 2. The summed E-state index contributed by atoms with van der Waals surface area (Å²) in [7, 11) is 0. The Morgan fingerprint density at radius 3 is 2.75 bits per heavy atom. The van der Waals surface area contributed by atoms with Crippen LogP contribution in [0.1, 0.15) is 6.92 Å². The van der Waals surface area contributed by atoms with E-state index in [1.165, 1.54) is 0 Å². The van der Waals surface area contributed by atoms with Crippen LogP contribution in [0, 0.1) is 0 Å². The molecule has 1 amide bonds. The van der Waals surface area contributed by atoms with Crippen molar-refractivity contribution in [1.29, 1.82) is 0 Å². The molecule has 0 rings (SSSR count). The van der Waals surface area contributed by atoms with Gasteiger partial charge in [0.05, 0.1) is 0 Å². The number of carbonyl (C=O) groups is 1. The number of hydrogen-bond acceptors (Lipinski definition) is 3. The Morgan fingerprint density at radius 2 is 2.38 bits per heavy atom. The van der Waals surface area contributed by atoms with Crippen molar-refractivity contribution in [2.45, 2.75) is 6.92 Å². The minimum Gasteiger partial charge on any atom is -0.422 e. The maximum atomic E-state index is 9.79. The summed E-state index contributed by atoms with van der Waals surface area (Å²) in [6.45, 7) is 2.27. The van der Waals surface area contributed by atoms with E-state index in [0.717, 1.165) is 0 Å². The van der Waals surface area contributed by atoms with Gasteiger partial charge in [0.15, 0.2) is 6.79 Å². The quantitative estimate of drug-likeness (QED) is 0.422. The minimum atomic E-state index is -0.807. The van der Waals surface area contributed by atoms with Crippen LogP contribution in [0.3, 0.4) is 0 Å². The van der Waals surface area contributed by atoms with Crippen molar-refractivity contribution >= 4 is 6.09 Å². The van der Waals surface area contributed by atoms with E-state index < -0.39 is 6.09 Å². The summed E-state index contributed by atoms with van der Waals surface area (Å²) in [5.74, 6) is 0. The summed E-state index contributed by atoms with van der Waals surface area (Å²) in [6.07, 6.45) is -0.807.